The molecule has 3 nitrogen and oxygen atoms in total. The lowest BCUT2D eigenvalue weighted by atomic mass is 10.5. The summed E-state index contributed by atoms with van der Waals surface area (Å²) in [6.07, 6.45) is 0. The molecule has 0 amide bonds. The Bertz CT molecular complexity index is 78.1. The first-order chi connectivity index (χ1) is 3.71. The molecule has 0 bridgehead atoms. The number of hydrogen-bond donors (Lipinski definition) is 1. The molecule has 0 atom stereocenters. The Hall–Kier alpha value is 0.610. The largest absolute Gasteiger partial charge is 0.369 e. The number of halogens is 1. The van der Waals surface area contributed by atoms with Gasteiger partial charge in [0.2, 0.25) is 0 Å². The molecule has 0 aliphatic carbocycles. The highest BCUT2D eigenvalue weighted by molar-refractivity contribution is 14.1. The molecule has 48 valence electrons. The van der Waals surface area contributed by atoms with Gasteiger partial charge in [-0.1, -0.05) is 0 Å². The van der Waals surface area contributed by atoms with E-state index in [0.717, 1.165) is 0 Å². The molecule has 1 N–H and O–H groups in total. The number of quaternary nitrogens is 1. The lowest BCUT2D eigenvalue weighted by Gasteiger charge is -2.25. The van der Waals surface area contributed by atoms with Gasteiger partial charge in [0.25, 0.3) is 22.9 Å². The molecule has 1 heterocycles. The zero-order valence-corrected chi connectivity index (χ0v) is 6.67. The lowest BCUT2D eigenvalue weighted by Crippen LogP contribution is -2.43. The van der Waals surface area contributed by atoms with Crippen LogP contribution in [0.5, 0.6) is 0 Å². The maximum Gasteiger partial charge on any atom is 0.288 e. The Kier molecular flexibility index (Phi) is 2.07. The molecule has 1 fully saturated rings. The van der Waals surface area contributed by atoms with Crippen molar-refractivity contribution in [2.45, 2.75) is 0 Å². The average molecular weight is 230 g/mol. The van der Waals surface area contributed by atoms with E-state index in [9.17, 15) is 5.21 Å². The molecule has 8 heavy (non-hydrogen) atoms. The molecule has 0 aromatic heterocycles. The highest BCUT2D eigenvalue weighted by Crippen LogP contribution is 2.13. The first-order valence-corrected chi connectivity index (χ1v) is 3.54. The fraction of sp³-hybridized carbons (Fsp3) is 1.00. The van der Waals surface area contributed by atoms with Gasteiger partial charge in [-0.05, 0) is 0 Å². The van der Waals surface area contributed by atoms with Gasteiger partial charge >= 0.3 is 0 Å². The van der Waals surface area contributed by atoms with E-state index in [1.54, 1.807) is 0 Å². The van der Waals surface area contributed by atoms with Crippen LogP contribution < -0.4 is 0 Å². The van der Waals surface area contributed by atoms with Crippen molar-refractivity contribution >= 4 is 22.9 Å². The van der Waals surface area contributed by atoms with Crippen LogP contribution in [0.4, 0.5) is 0 Å². The van der Waals surface area contributed by atoms with Crippen LogP contribution >= 0.6 is 22.9 Å². The Morgan fingerprint density at radius 1 is 1.38 bits per heavy atom. The summed E-state index contributed by atoms with van der Waals surface area (Å²) < 4.78 is 5.12. The number of hydrogen-bond acceptors (Lipinski definition) is 2. The minimum absolute atomic E-state index is 0.0950. The van der Waals surface area contributed by atoms with Gasteiger partial charge in [0.05, 0.1) is 13.2 Å². The van der Waals surface area contributed by atoms with E-state index >= 15 is 0 Å². The van der Waals surface area contributed by atoms with Gasteiger partial charge in [-0.25, -0.2) is 5.21 Å². The van der Waals surface area contributed by atoms with Gasteiger partial charge in [0.15, 0.2) is 0 Å². The average Bonchev–Trinajstić information content (AvgIpc) is 1.65. The normalized spacial score (nSPS) is 27.8. The Balaban J connectivity index is 2.33. The molecule has 0 saturated carbocycles. The van der Waals surface area contributed by atoms with Crippen LogP contribution in [0.15, 0.2) is 0 Å². The Morgan fingerprint density at radius 3 is 2.12 bits per heavy atom. The molecule has 0 radical (unpaired) electrons. The quantitative estimate of drug-likeness (QED) is 0.487. The third-order valence-electron chi connectivity index (χ3n) is 1.16. The van der Waals surface area contributed by atoms with Crippen LogP contribution in [0.1, 0.15) is 0 Å². The number of rotatable bonds is 0. The van der Waals surface area contributed by atoms with Crippen LogP contribution in [0.3, 0.4) is 0 Å². The van der Waals surface area contributed by atoms with Gasteiger partial charge in [0, 0.05) is 0 Å². The van der Waals surface area contributed by atoms with Crippen LogP contribution in [-0.4, -0.2) is 34.4 Å². The number of hydroxylamine groups is 2. The SMILES string of the molecule is O[N+]1(I)CCOCC1. The summed E-state index contributed by atoms with van der Waals surface area (Å²) in [5.41, 5.74) is 0. The predicted octanol–water partition coefficient (Wildman–Crippen LogP) is 0.573. The molecule has 0 unspecified atom stereocenters. The van der Waals surface area contributed by atoms with E-state index in [1.165, 1.54) is 0 Å². The van der Waals surface area contributed by atoms with E-state index < -0.39 is 0 Å². The fourth-order valence-corrected chi connectivity index (χ4v) is 1.02. The molecule has 1 aliphatic rings. The maximum atomic E-state index is 9.22. The zero-order valence-electron chi connectivity index (χ0n) is 4.51. The van der Waals surface area contributed by atoms with Crippen LogP contribution in [0, 0.1) is 0 Å². The minimum atomic E-state index is 0.0950. The van der Waals surface area contributed by atoms with Crippen molar-refractivity contribution in [3.8, 4) is 0 Å². The molecular weight excluding hydrogens is 221 g/mol. The first-order valence-electron chi connectivity index (χ1n) is 2.58. The molecule has 1 rings (SSSR count). The zero-order chi connectivity index (χ0) is 6.04. The smallest absolute Gasteiger partial charge is 0.288 e. The molecule has 0 spiro atoms. The predicted molar refractivity (Wildman–Crippen MR) is 36.6 cm³/mol. The van der Waals surface area contributed by atoms with E-state index in [4.69, 9.17) is 4.74 Å². The maximum absolute atomic E-state index is 9.22. The second-order valence-electron chi connectivity index (χ2n) is 1.88. The third kappa shape index (κ3) is 1.85. The Labute approximate surface area is 62.3 Å². The summed E-state index contributed by atoms with van der Waals surface area (Å²) >= 11 is 2.00. The summed E-state index contributed by atoms with van der Waals surface area (Å²) in [5, 5.41) is 9.22. The van der Waals surface area contributed by atoms with Crippen LogP contribution in [0.2, 0.25) is 0 Å². The summed E-state index contributed by atoms with van der Waals surface area (Å²) in [5.74, 6) is 0. The molecule has 1 saturated heterocycles. The number of ether oxygens (including phenoxy) is 1. The van der Waals surface area contributed by atoms with Gasteiger partial charge in [0.1, 0.15) is 13.1 Å². The highest BCUT2D eigenvalue weighted by atomic mass is 127. The topological polar surface area (TPSA) is 29.5 Å². The Morgan fingerprint density at radius 2 is 1.88 bits per heavy atom. The lowest BCUT2D eigenvalue weighted by molar-refractivity contribution is -0.962. The van der Waals surface area contributed by atoms with E-state index in [0.29, 0.717) is 26.3 Å². The fourth-order valence-electron chi connectivity index (χ4n) is 0.623. The molecule has 4 heteroatoms. The standard InChI is InChI=1S/C4H9INO2/c5-6(7)1-3-8-4-2-6/h7H,1-4H2/q+1. The van der Waals surface area contributed by atoms with Crippen molar-refractivity contribution in [1.29, 1.82) is 0 Å². The van der Waals surface area contributed by atoms with Crippen molar-refractivity contribution in [2.75, 3.05) is 26.3 Å². The van der Waals surface area contributed by atoms with Crippen molar-refractivity contribution in [1.82, 2.24) is 0 Å². The van der Waals surface area contributed by atoms with Gasteiger partial charge in [-0.3, -0.25) is 0 Å². The molecule has 0 aromatic rings. The second kappa shape index (κ2) is 2.47. The minimum Gasteiger partial charge on any atom is -0.369 e. The van der Waals surface area contributed by atoms with E-state index in [1.807, 2.05) is 22.9 Å². The third-order valence-corrected chi connectivity index (χ3v) is 2.12. The van der Waals surface area contributed by atoms with Gasteiger partial charge < -0.3 is 4.74 Å². The van der Waals surface area contributed by atoms with Crippen LogP contribution in [0.25, 0.3) is 0 Å². The summed E-state index contributed by atoms with van der Waals surface area (Å²) in [7, 11) is 0. The van der Waals surface area contributed by atoms with Crippen molar-refractivity contribution < 1.29 is 12.8 Å². The van der Waals surface area contributed by atoms with Crippen LogP contribution in [-0.2, 0) is 4.74 Å². The number of nitrogens with zero attached hydrogens (tertiary/aromatic N) is 1. The second-order valence-corrected chi connectivity index (χ2v) is 3.68. The molecule has 1 aliphatic heterocycles. The van der Waals surface area contributed by atoms with Crippen molar-refractivity contribution in [3.05, 3.63) is 0 Å². The van der Waals surface area contributed by atoms with Gasteiger partial charge in [-0.2, -0.15) is 0 Å². The van der Waals surface area contributed by atoms with Gasteiger partial charge in [-0.15, -0.1) is 2.86 Å². The molecule has 0 aromatic carbocycles. The highest BCUT2D eigenvalue weighted by Gasteiger charge is 2.25. The van der Waals surface area contributed by atoms with Crippen molar-refractivity contribution in [3.63, 3.8) is 0 Å². The first kappa shape index (κ1) is 6.73. The summed E-state index contributed by atoms with van der Waals surface area (Å²) in [4.78, 5) is 0. The summed E-state index contributed by atoms with van der Waals surface area (Å²) in [6.45, 7) is 2.78. The monoisotopic (exact) mass is 230 g/mol. The van der Waals surface area contributed by atoms with Crippen molar-refractivity contribution in [2.24, 2.45) is 0 Å². The van der Waals surface area contributed by atoms with E-state index in [2.05, 4.69) is 0 Å². The molecular formula is C4H9INO2+. The number of morpholine rings is 1. The van der Waals surface area contributed by atoms with E-state index in [-0.39, 0.29) is 2.86 Å². The summed E-state index contributed by atoms with van der Waals surface area (Å²) in [6, 6.07) is 0.